The van der Waals surface area contributed by atoms with Crippen LogP contribution >= 0.6 is 0 Å². The van der Waals surface area contributed by atoms with Gasteiger partial charge in [-0.25, -0.2) is 9.97 Å². The van der Waals surface area contributed by atoms with E-state index in [9.17, 15) is 22.8 Å². The quantitative estimate of drug-likeness (QED) is 0.376. The number of ether oxygens (including phenoxy) is 1. The maximum Gasteiger partial charge on any atom is 0.417 e. The van der Waals surface area contributed by atoms with Gasteiger partial charge < -0.3 is 24.8 Å². The Kier molecular flexibility index (Phi) is 9.62. The molecule has 0 bridgehead atoms. The Hall–Kier alpha value is -4.19. The van der Waals surface area contributed by atoms with Crippen molar-refractivity contribution < 1.29 is 27.5 Å². The number of aryl methyl sites for hydroxylation is 1. The summed E-state index contributed by atoms with van der Waals surface area (Å²) in [6, 6.07) is 10.8. The van der Waals surface area contributed by atoms with Crippen LogP contribution in [0.4, 0.5) is 18.9 Å². The summed E-state index contributed by atoms with van der Waals surface area (Å²) in [7, 11) is 2.01. The molecule has 0 aliphatic carbocycles. The monoisotopic (exact) mass is 624 g/mol. The van der Waals surface area contributed by atoms with Crippen molar-refractivity contribution >= 4 is 17.5 Å². The molecule has 45 heavy (non-hydrogen) atoms. The fraction of sp³-hybridized carbons (Fsp3) is 0.455. The van der Waals surface area contributed by atoms with Crippen molar-refractivity contribution in [2.24, 2.45) is 0 Å². The zero-order valence-corrected chi connectivity index (χ0v) is 26.0. The number of carbonyl (C=O) groups is 2. The van der Waals surface area contributed by atoms with Gasteiger partial charge in [-0.05, 0) is 76.7 Å². The van der Waals surface area contributed by atoms with Crippen molar-refractivity contribution in [1.82, 2.24) is 25.1 Å². The van der Waals surface area contributed by atoms with E-state index in [0.717, 1.165) is 25.6 Å². The SMILES string of the molecule is CCOc1ncccc1-c1ccc(N2CCN(C(=O)c3ccc(C)cc3C(F)(F)F)C[C@H]2CC)c(C(=O)NC2CCN(C)C2)n1. The number of hydrogen-bond donors (Lipinski definition) is 1. The summed E-state index contributed by atoms with van der Waals surface area (Å²) >= 11 is 0. The van der Waals surface area contributed by atoms with Crippen LogP contribution in [0.25, 0.3) is 11.3 Å². The summed E-state index contributed by atoms with van der Waals surface area (Å²) < 4.78 is 47.3. The molecule has 1 N–H and O–H groups in total. The van der Waals surface area contributed by atoms with Crippen LogP contribution < -0.4 is 15.0 Å². The summed E-state index contributed by atoms with van der Waals surface area (Å²) in [6.45, 7) is 8.13. The van der Waals surface area contributed by atoms with Gasteiger partial charge in [-0.15, -0.1) is 0 Å². The average Bonchev–Trinajstić information content (AvgIpc) is 3.44. The predicted octanol–water partition coefficient (Wildman–Crippen LogP) is 5.04. The van der Waals surface area contributed by atoms with E-state index in [1.807, 2.05) is 44.0 Å². The lowest BCUT2D eigenvalue weighted by atomic mass is 10.0. The number of alkyl halides is 3. The molecule has 2 aliphatic rings. The molecule has 9 nitrogen and oxygen atoms in total. The Balaban J connectivity index is 1.47. The number of carbonyl (C=O) groups excluding carboxylic acids is 2. The zero-order valence-electron chi connectivity index (χ0n) is 26.0. The van der Waals surface area contributed by atoms with Crippen LogP contribution in [-0.4, -0.2) is 90.0 Å². The number of pyridine rings is 2. The number of halogens is 3. The van der Waals surface area contributed by atoms with Crippen LogP contribution in [0.2, 0.25) is 0 Å². The number of rotatable bonds is 8. The Labute approximate surface area is 261 Å². The van der Waals surface area contributed by atoms with Crippen molar-refractivity contribution in [3.05, 3.63) is 71.0 Å². The van der Waals surface area contributed by atoms with Crippen LogP contribution in [-0.2, 0) is 6.18 Å². The van der Waals surface area contributed by atoms with Crippen molar-refractivity contribution in [2.75, 3.05) is 51.3 Å². The number of aromatic nitrogens is 2. The first-order valence-corrected chi connectivity index (χ1v) is 15.3. The van der Waals surface area contributed by atoms with Gasteiger partial charge in [-0.2, -0.15) is 13.2 Å². The van der Waals surface area contributed by atoms with Gasteiger partial charge in [0.15, 0.2) is 5.69 Å². The number of hydrogen-bond acceptors (Lipinski definition) is 7. The Morgan fingerprint density at radius 2 is 1.87 bits per heavy atom. The molecule has 1 unspecified atom stereocenters. The molecule has 2 atom stereocenters. The van der Waals surface area contributed by atoms with Crippen molar-refractivity contribution in [2.45, 2.75) is 51.9 Å². The largest absolute Gasteiger partial charge is 0.477 e. The first-order valence-electron chi connectivity index (χ1n) is 15.3. The highest BCUT2D eigenvalue weighted by Gasteiger charge is 2.38. The van der Waals surface area contributed by atoms with Gasteiger partial charge in [0, 0.05) is 44.5 Å². The highest BCUT2D eigenvalue weighted by Crippen LogP contribution is 2.35. The number of piperazine rings is 1. The van der Waals surface area contributed by atoms with E-state index in [0.29, 0.717) is 48.0 Å². The van der Waals surface area contributed by atoms with E-state index in [1.54, 1.807) is 19.2 Å². The number of nitrogens with zero attached hydrogens (tertiary/aromatic N) is 5. The van der Waals surface area contributed by atoms with E-state index >= 15 is 0 Å². The summed E-state index contributed by atoms with van der Waals surface area (Å²) in [5, 5.41) is 3.14. The Morgan fingerprint density at radius 1 is 1.07 bits per heavy atom. The molecule has 2 aliphatic heterocycles. The van der Waals surface area contributed by atoms with Gasteiger partial charge in [0.25, 0.3) is 11.8 Å². The lowest BCUT2D eigenvalue weighted by molar-refractivity contribution is -0.138. The van der Waals surface area contributed by atoms with Crippen LogP contribution in [0.15, 0.2) is 48.7 Å². The van der Waals surface area contributed by atoms with Crippen molar-refractivity contribution in [1.29, 1.82) is 0 Å². The Morgan fingerprint density at radius 3 is 2.56 bits per heavy atom. The summed E-state index contributed by atoms with van der Waals surface area (Å²) in [5.41, 5.74) is 1.18. The van der Waals surface area contributed by atoms with Crippen molar-refractivity contribution in [3.63, 3.8) is 0 Å². The third kappa shape index (κ3) is 7.06. The number of anilines is 1. The predicted molar refractivity (Wildman–Crippen MR) is 166 cm³/mol. The van der Waals surface area contributed by atoms with Crippen LogP contribution in [0.1, 0.15) is 58.7 Å². The van der Waals surface area contributed by atoms with Gasteiger partial charge in [0.2, 0.25) is 5.88 Å². The van der Waals surface area contributed by atoms with E-state index in [2.05, 4.69) is 15.2 Å². The highest BCUT2D eigenvalue weighted by molar-refractivity contribution is 5.99. The summed E-state index contributed by atoms with van der Waals surface area (Å²) in [6.07, 6.45) is -1.60. The first kappa shape index (κ1) is 32.2. The number of amides is 2. The minimum absolute atomic E-state index is 0.0213. The lowest BCUT2D eigenvalue weighted by Gasteiger charge is -2.43. The fourth-order valence-corrected chi connectivity index (χ4v) is 6.10. The van der Waals surface area contributed by atoms with Gasteiger partial charge in [0.05, 0.1) is 34.7 Å². The van der Waals surface area contributed by atoms with Gasteiger partial charge in [-0.3, -0.25) is 9.59 Å². The molecule has 3 aromatic rings. The molecule has 5 rings (SSSR count). The number of likely N-dealkylation sites (N-methyl/N-ethyl adjacent to an activating group) is 1. The third-order valence-corrected chi connectivity index (χ3v) is 8.41. The van der Waals surface area contributed by atoms with Crippen LogP contribution in [0.3, 0.4) is 0 Å². The molecular formula is C33H39F3N6O3. The molecule has 1 aromatic carbocycles. The molecule has 0 radical (unpaired) electrons. The first-order chi connectivity index (χ1) is 21.5. The molecule has 2 fully saturated rings. The zero-order chi connectivity index (χ0) is 32.3. The van der Waals surface area contributed by atoms with E-state index in [-0.39, 0.29) is 42.3 Å². The second-order valence-corrected chi connectivity index (χ2v) is 11.6. The second kappa shape index (κ2) is 13.4. The van der Waals surface area contributed by atoms with Gasteiger partial charge >= 0.3 is 6.18 Å². The van der Waals surface area contributed by atoms with Crippen LogP contribution in [0, 0.1) is 6.92 Å². The molecule has 2 saturated heterocycles. The summed E-state index contributed by atoms with van der Waals surface area (Å²) in [5.74, 6) is -0.550. The van der Waals surface area contributed by atoms with E-state index in [1.165, 1.54) is 17.0 Å². The number of benzene rings is 1. The molecule has 2 amide bonds. The normalized spacial score (nSPS) is 19.1. The molecule has 4 heterocycles. The van der Waals surface area contributed by atoms with E-state index < -0.39 is 17.6 Å². The molecule has 12 heteroatoms. The third-order valence-electron chi connectivity index (χ3n) is 8.41. The Bertz CT molecular complexity index is 1550. The minimum Gasteiger partial charge on any atom is -0.477 e. The molecular weight excluding hydrogens is 585 g/mol. The lowest BCUT2D eigenvalue weighted by Crippen LogP contribution is -2.55. The van der Waals surface area contributed by atoms with Gasteiger partial charge in [-0.1, -0.05) is 18.6 Å². The molecule has 240 valence electrons. The smallest absolute Gasteiger partial charge is 0.417 e. The van der Waals surface area contributed by atoms with Crippen LogP contribution in [0.5, 0.6) is 5.88 Å². The average molecular weight is 625 g/mol. The summed E-state index contributed by atoms with van der Waals surface area (Å²) in [4.78, 5) is 42.2. The number of likely N-dealkylation sites (tertiary alicyclic amines) is 1. The molecule has 0 saturated carbocycles. The topological polar surface area (TPSA) is 90.9 Å². The second-order valence-electron chi connectivity index (χ2n) is 11.6. The number of nitrogens with one attached hydrogen (secondary N) is 1. The molecule has 2 aromatic heterocycles. The molecule has 0 spiro atoms. The standard InChI is InChI=1S/C33H39F3N6O3/c1-5-23-20-41(32(44)24-10-9-21(3)18-26(24)33(34,35)36)16-17-42(23)28-12-11-27(25-8-7-14-37-31(25)45-6-2)39-29(28)30(43)38-22-13-15-40(4)19-22/h7-12,14,18,22-23H,5-6,13,15-17,19-20H2,1-4H3,(H,38,43)/t22?,23-/m1/s1. The van der Waals surface area contributed by atoms with E-state index in [4.69, 9.17) is 9.72 Å². The maximum absolute atomic E-state index is 13.9. The fourth-order valence-electron chi connectivity index (χ4n) is 6.10. The minimum atomic E-state index is -4.65. The van der Waals surface area contributed by atoms with Crippen molar-refractivity contribution in [3.8, 4) is 17.1 Å². The highest BCUT2D eigenvalue weighted by atomic mass is 19.4. The maximum atomic E-state index is 13.9. The van der Waals surface area contributed by atoms with Gasteiger partial charge in [0.1, 0.15) is 0 Å².